The molecule has 5 nitrogen and oxygen atoms in total. The quantitative estimate of drug-likeness (QED) is 0.484. The number of carbonyl (C=O) groups is 2. The van der Waals surface area contributed by atoms with Crippen LogP contribution >= 0.6 is 0 Å². The molecule has 0 N–H and O–H groups in total. The number of esters is 1. The first kappa shape index (κ1) is 22.0. The topological polar surface area (TPSA) is 55.8 Å². The molecule has 1 aliphatic heterocycles. The van der Waals surface area contributed by atoms with Crippen molar-refractivity contribution in [3.8, 4) is 11.1 Å². The summed E-state index contributed by atoms with van der Waals surface area (Å²) in [5.41, 5.74) is 4.02. The highest BCUT2D eigenvalue weighted by atomic mass is 19.4. The largest absolute Gasteiger partial charge is 0.448 e. The van der Waals surface area contributed by atoms with Crippen molar-refractivity contribution in [2.75, 3.05) is 13.3 Å². The lowest BCUT2D eigenvalue weighted by atomic mass is 9.98. The van der Waals surface area contributed by atoms with Gasteiger partial charge in [-0.15, -0.1) is 0 Å². The van der Waals surface area contributed by atoms with E-state index in [1.807, 2.05) is 48.5 Å². The molecule has 0 aromatic heterocycles. The van der Waals surface area contributed by atoms with Crippen LogP contribution in [0, 0.1) is 0 Å². The zero-order valence-corrected chi connectivity index (χ0v) is 17.9. The van der Waals surface area contributed by atoms with Crippen molar-refractivity contribution in [3.05, 3.63) is 95.1 Å². The van der Waals surface area contributed by atoms with Gasteiger partial charge in [0, 0.05) is 12.3 Å². The number of ether oxygens (including phenoxy) is 2. The Labute approximate surface area is 193 Å². The van der Waals surface area contributed by atoms with Crippen LogP contribution in [-0.2, 0) is 26.9 Å². The Bertz CT molecular complexity index is 1190. The van der Waals surface area contributed by atoms with Crippen LogP contribution in [-0.4, -0.2) is 36.3 Å². The van der Waals surface area contributed by atoms with E-state index in [1.54, 1.807) is 0 Å². The fourth-order valence-corrected chi connectivity index (χ4v) is 4.55. The van der Waals surface area contributed by atoms with E-state index in [0.717, 1.165) is 34.4 Å². The van der Waals surface area contributed by atoms with E-state index in [9.17, 15) is 22.8 Å². The van der Waals surface area contributed by atoms with Crippen LogP contribution < -0.4 is 0 Å². The SMILES string of the molecule is O=C1OCN(C(=O)OCC2c3ccccc3-c3ccccc32)[C@H]1Cc1ccc(C(F)(F)F)cc1. The van der Waals surface area contributed by atoms with Gasteiger partial charge in [0.15, 0.2) is 6.73 Å². The van der Waals surface area contributed by atoms with Crippen molar-refractivity contribution in [2.45, 2.75) is 24.6 Å². The van der Waals surface area contributed by atoms with Gasteiger partial charge in [0.05, 0.1) is 5.56 Å². The lowest BCUT2D eigenvalue weighted by molar-refractivity contribution is -0.139. The highest BCUT2D eigenvalue weighted by Gasteiger charge is 2.40. The zero-order valence-electron chi connectivity index (χ0n) is 17.9. The van der Waals surface area contributed by atoms with Gasteiger partial charge in [-0.25, -0.2) is 9.59 Å². The van der Waals surface area contributed by atoms with Crippen LogP contribution in [0.2, 0.25) is 0 Å². The third kappa shape index (κ3) is 4.00. The second-order valence-electron chi connectivity index (χ2n) is 8.28. The van der Waals surface area contributed by atoms with E-state index < -0.39 is 29.8 Å². The van der Waals surface area contributed by atoms with Crippen LogP contribution in [0.3, 0.4) is 0 Å². The Hall–Kier alpha value is -3.81. The zero-order chi connectivity index (χ0) is 23.9. The van der Waals surface area contributed by atoms with Crippen LogP contribution in [0.4, 0.5) is 18.0 Å². The van der Waals surface area contributed by atoms with Gasteiger partial charge >= 0.3 is 18.2 Å². The summed E-state index contributed by atoms with van der Waals surface area (Å²) >= 11 is 0. The number of rotatable bonds is 4. The summed E-state index contributed by atoms with van der Waals surface area (Å²) < 4.78 is 49.1. The van der Waals surface area contributed by atoms with Gasteiger partial charge in [0.25, 0.3) is 0 Å². The Morgan fingerprint density at radius 3 is 2.12 bits per heavy atom. The molecule has 0 unspecified atom stereocenters. The smallest absolute Gasteiger partial charge is 0.416 e. The molecule has 1 heterocycles. The van der Waals surface area contributed by atoms with Gasteiger partial charge in [-0.05, 0) is 39.9 Å². The summed E-state index contributed by atoms with van der Waals surface area (Å²) in [5, 5.41) is 0. The maximum absolute atomic E-state index is 12.9. The van der Waals surface area contributed by atoms with Gasteiger partial charge < -0.3 is 9.47 Å². The molecule has 1 aliphatic carbocycles. The van der Waals surface area contributed by atoms with Crippen molar-refractivity contribution >= 4 is 12.1 Å². The van der Waals surface area contributed by atoms with Crippen molar-refractivity contribution in [1.29, 1.82) is 0 Å². The number of fused-ring (bicyclic) bond motifs is 3. The predicted octanol–water partition coefficient (Wildman–Crippen LogP) is 5.38. The maximum Gasteiger partial charge on any atom is 0.416 e. The number of hydrogen-bond donors (Lipinski definition) is 0. The van der Waals surface area contributed by atoms with Gasteiger partial charge in [-0.3, -0.25) is 4.90 Å². The lowest BCUT2D eigenvalue weighted by Crippen LogP contribution is -2.40. The number of benzene rings is 3. The molecule has 34 heavy (non-hydrogen) atoms. The van der Waals surface area contributed by atoms with Crippen LogP contribution in [0.25, 0.3) is 11.1 Å². The summed E-state index contributed by atoms with van der Waals surface area (Å²) in [6, 6.07) is 19.4. The predicted molar refractivity (Wildman–Crippen MR) is 117 cm³/mol. The van der Waals surface area contributed by atoms with Crippen LogP contribution in [0.15, 0.2) is 72.8 Å². The molecule has 1 fully saturated rings. The normalized spacial score (nSPS) is 17.3. The highest BCUT2D eigenvalue weighted by molar-refractivity contribution is 5.84. The Morgan fingerprint density at radius 1 is 0.941 bits per heavy atom. The van der Waals surface area contributed by atoms with Crippen molar-refractivity contribution < 1.29 is 32.2 Å². The molecular formula is C26H20F3NO4. The van der Waals surface area contributed by atoms with Crippen molar-refractivity contribution in [3.63, 3.8) is 0 Å². The maximum atomic E-state index is 12.9. The molecule has 0 radical (unpaired) electrons. The summed E-state index contributed by atoms with van der Waals surface area (Å²) in [6.45, 7) is -0.175. The third-order valence-corrected chi connectivity index (χ3v) is 6.28. The minimum absolute atomic E-state index is 0.0289. The first-order valence-corrected chi connectivity index (χ1v) is 10.8. The Morgan fingerprint density at radius 2 is 1.53 bits per heavy atom. The molecule has 8 heteroatoms. The van der Waals surface area contributed by atoms with E-state index in [-0.39, 0.29) is 25.7 Å². The molecule has 1 atom stereocenters. The van der Waals surface area contributed by atoms with E-state index >= 15 is 0 Å². The number of hydrogen-bond acceptors (Lipinski definition) is 4. The number of carbonyl (C=O) groups excluding carboxylic acids is 2. The average molecular weight is 467 g/mol. The molecule has 0 saturated carbocycles. The summed E-state index contributed by atoms with van der Waals surface area (Å²) in [6.07, 6.45) is -5.12. The van der Waals surface area contributed by atoms with Gasteiger partial charge in [0.1, 0.15) is 12.6 Å². The summed E-state index contributed by atoms with van der Waals surface area (Å²) in [4.78, 5) is 26.3. The summed E-state index contributed by atoms with van der Waals surface area (Å²) in [5.74, 6) is -0.752. The molecule has 5 rings (SSSR count). The number of alkyl halides is 3. The molecule has 0 spiro atoms. The molecule has 1 amide bonds. The molecular weight excluding hydrogens is 447 g/mol. The van der Waals surface area contributed by atoms with E-state index in [1.165, 1.54) is 17.0 Å². The number of halogens is 3. The highest BCUT2D eigenvalue weighted by Crippen LogP contribution is 2.44. The van der Waals surface area contributed by atoms with Crippen molar-refractivity contribution in [2.24, 2.45) is 0 Å². The fraction of sp³-hybridized carbons (Fsp3) is 0.231. The van der Waals surface area contributed by atoms with Gasteiger partial charge in [-0.1, -0.05) is 60.7 Å². The average Bonchev–Trinajstić information content (AvgIpc) is 3.35. The van der Waals surface area contributed by atoms with Crippen molar-refractivity contribution in [1.82, 2.24) is 4.90 Å². The Kier molecular flexibility index (Phi) is 5.51. The van der Waals surface area contributed by atoms with E-state index in [0.29, 0.717) is 5.56 Å². The second-order valence-corrected chi connectivity index (χ2v) is 8.28. The second kappa shape index (κ2) is 8.52. The first-order valence-electron chi connectivity index (χ1n) is 10.8. The monoisotopic (exact) mass is 467 g/mol. The van der Waals surface area contributed by atoms with E-state index in [4.69, 9.17) is 9.47 Å². The molecule has 3 aromatic carbocycles. The lowest BCUT2D eigenvalue weighted by Gasteiger charge is -2.21. The molecule has 174 valence electrons. The van der Waals surface area contributed by atoms with Crippen LogP contribution in [0.5, 0.6) is 0 Å². The standard InChI is InChI=1S/C26H20F3NO4/c27-26(28,29)17-11-9-16(10-12-17)13-23-24(31)34-15-30(23)25(32)33-14-22-20-7-3-1-5-18(20)19-6-2-4-8-21(19)22/h1-12,22-23H,13-15H2/t23-/m0/s1. The fourth-order valence-electron chi connectivity index (χ4n) is 4.55. The summed E-state index contributed by atoms with van der Waals surface area (Å²) in [7, 11) is 0. The first-order chi connectivity index (χ1) is 16.3. The number of amides is 1. The molecule has 1 saturated heterocycles. The number of cyclic esters (lactones) is 1. The van der Waals surface area contributed by atoms with Crippen LogP contribution in [0.1, 0.15) is 28.2 Å². The molecule has 2 aliphatic rings. The molecule has 0 bridgehead atoms. The molecule has 3 aromatic rings. The minimum Gasteiger partial charge on any atom is -0.448 e. The van der Waals surface area contributed by atoms with Gasteiger partial charge in [0.2, 0.25) is 0 Å². The third-order valence-electron chi connectivity index (χ3n) is 6.28. The number of nitrogens with zero attached hydrogens (tertiary/aromatic N) is 1. The minimum atomic E-state index is -4.45. The van der Waals surface area contributed by atoms with E-state index in [2.05, 4.69) is 0 Å². The van der Waals surface area contributed by atoms with Gasteiger partial charge in [-0.2, -0.15) is 13.2 Å². The Balaban J connectivity index is 1.29.